The normalized spacial score (nSPS) is 30.4. The lowest BCUT2D eigenvalue weighted by atomic mass is 10.2. The van der Waals surface area contributed by atoms with E-state index in [1.54, 1.807) is 25.9 Å². The van der Waals surface area contributed by atoms with Crippen LogP contribution in [0.15, 0.2) is 0 Å². The van der Waals surface area contributed by atoms with Gasteiger partial charge in [0, 0.05) is 27.2 Å². The Morgan fingerprint density at radius 1 is 1.36 bits per heavy atom. The van der Waals surface area contributed by atoms with Crippen LogP contribution in [0.4, 0.5) is 0 Å². The number of aliphatic hydroxyl groups is 2. The van der Waals surface area contributed by atoms with Crippen molar-refractivity contribution in [2.45, 2.75) is 25.2 Å². The van der Waals surface area contributed by atoms with Crippen molar-refractivity contribution >= 4 is 5.91 Å². The van der Waals surface area contributed by atoms with Crippen LogP contribution in [-0.4, -0.2) is 71.4 Å². The third-order valence-corrected chi connectivity index (χ3v) is 2.63. The highest BCUT2D eigenvalue weighted by atomic mass is 16.3. The molecule has 1 rings (SSSR count). The summed E-state index contributed by atoms with van der Waals surface area (Å²) in [6.07, 6.45) is -1.46. The Morgan fingerprint density at radius 2 is 1.79 bits per heavy atom. The molecule has 1 saturated heterocycles. The fourth-order valence-corrected chi connectivity index (χ4v) is 1.64. The number of carbonyl (C=O) groups excluding carboxylic acids is 1. The third-order valence-electron chi connectivity index (χ3n) is 2.63. The Bertz CT molecular complexity index is 210. The predicted octanol–water partition coefficient (Wildman–Crippen LogP) is -1.50. The number of hydrogen-bond acceptors (Lipinski definition) is 4. The van der Waals surface area contributed by atoms with E-state index >= 15 is 0 Å². The molecular formula is C9H18N2O3. The van der Waals surface area contributed by atoms with E-state index < -0.39 is 12.2 Å². The fourth-order valence-electron chi connectivity index (χ4n) is 1.64. The van der Waals surface area contributed by atoms with Crippen LogP contribution in [0.3, 0.4) is 0 Å². The molecule has 0 bridgehead atoms. The fraction of sp³-hybridized carbons (Fsp3) is 0.889. The molecule has 3 atom stereocenters. The third kappa shape index (κ3) is 2.23. The molecule has 0 spiro atoms. The quantitative estimate of drug-likeness (QED) is 0.572. The summed E-state index contributed by atoms with van der Waals surface area (Å²) in [6, 6.07) is -0.281. The second kappa shape index (κ2) is 4.25. The summed E-state index contributed by atoms with van der Waals surface area (Å²) in [4.78, 5) is 14.9. The summed E-state index contributed by atoms with van der Waals surface area (Å²) < 4.78 is 0. The van der Waals surface area contributed by atoms with Crippen LogP contribution >= 0.6 is 0 Å². The van der Waals surface area contributed by atoms with Crippen molar-refractivity contribution in [3.63, 3.8) is 0 Å². The van der Waals surface area contributed by atoms with E-state index in [0.717, 1.165) is 0 Å². The van der Waals surface area contributed by atoms with Crippen LogP contribution in [0.25, 0.3) is 0 Å². The molecule has 1 unspecified atom stereocenters. The van der Waals surface area contributed by atoms with E-state index in [9.17, 15) is 15.0 Å². The lowest BCUT2D eigenvalue weighted by Gasteiger charge is -2.25. The van der Waals surface area contributed by atoms with Crippen molar-refractivity contribution in [2.75, 3.05) is 27.2 Å². The second-order valence-corrected chi connectivity index (χ2v) is 4.00. The van der Waals surface area contributed by atoms with Gasteiger partial charge in [0.05, 0.1) is 18.2 Å². The molecular weight excluding hydrogens is 184 g/mol. The molecule has 0 aromatic rings. The number of hydrogen-bond donors (Lipinski definition) is 2. The molecule has 1 aliphatic rings. The number of carbonyl (C=O) groups is 1. The molecule has 0 aromatic carbocycles. The van der Waals surface area contributed by atoms with Crippen molar-refractivity contribution in [1.82, 2.24) is 9.80 Å². The minimum atomic E-state index is -0.729. The van der Waals surface area contributed by atoms with Gasteiger partial charge in [-0.05, 0) is 6.92 Å². The lowest BCUT2D eigenvalue weighted by molar-refractivity contribution is -0.133. The second-order valence-electron chi connectivity index (χ2n) is 4.00. The van der Waals surface area contributed by atoms with Gasteiger partial charge in [0.2, 0.25) is 5.91 Å². The number of amides is 1. The molecule has 1 aliphatic heterocycles. The Hall–Kier alpha value is -0.650. The summed E-state index contributed by atoms with van der Waals surface area (Å²) in [5, 5.41) is 18.6. The Kier molecular flexibility index (Phi) is 3.47. The van der Waals surface area contributed by atoms with E-state index in [4.69, 9.17) is 0 Å². The number of nitrogens with zero attached hydrogens (tertiary/aromatic N) is 2. The minimum absolute atomic E-state index is 0.00806. The van der Waals surface area contributed by atoms with Gasteiger partial charge in [0.25, 0.3) is 0 Å². The van der Waals surface area contributed by atoms with E-state index in [1.165, 1.54) is 4.90 Å². The first-order chi connectivity index (χ1) is 6.43. The molecule has 14 heavy (non-hydrogen) atoms. The summed E-state index contributed by atoms with van der Waals surface area (Å²) in [7, 11) is 3.39. The smallest absolute Gasteiger partial charge is 0.239 e. The lowest BCUT2D eigenvalue weighted by Crippen LogP contribution is -2.44. The van der Waals surface area contributed by atoms with Crippen LogP contribution in [0.1, 0.15) is 6.92 Å². The highest BCUT2D eigenvalue weighted by Crippen LogP contribution is 2.14. The molecule has 1 amide bonds. The van der Waals surface area contributed by atoms with Crippen LogP contribution in [0, 0.1) is 0 Å². The number of rotatable bonds is 2. The largest absolute Gasteiger partial charge is 0.389 e. The first-order valence-electron chi connectivity index (χ1n) is 4.75. The van der Waals surface area contributed by atoms with Crippen LogP contribution in [0.2, 0.25) is 0 Å². The summed E-state index contributed by atoms with van der Waals surface area (Å²) in [5.74, 6) is -0.00806. The topological polar surface area (TPSA) is 64.0 Å². The minimum Gasteiger partial charge on any atom is -0.389 e. The Morgan fingerprint density at radius 3 is 2.14 bits per heavy atom. The van der Waals surface area contributed by atoms with Gasteiger partial charge in [-0.1, -0.05) is 0 Å². The van der Waals surface area contributed by atoms with Crippen molar-refractivity contribution in [2.24, 2.45) is 0 Å². The van der Waals surface area contributed by atoms with Gasteiger partial charge in [0.15, 0.2) is 0 Å². The van der Waals surface area contributed by atoms with E-state index in [-0.39, 0.29) is 11.9 Å². The number of aliphatic hydroxyl groups excluding tert-OH is 2. The first kappa shape index (κ1) is 11.4. The van der Waals surface area contributed by atoms with Gasteiger partial charge >= 0.3 is 0 Å². The average Bonchev–Trinajstić information content (AvgIpc) is 2.44. The van der Waals surface area contributed by atoms with Crippen molar-refractivity contribution in [1.29, 1.82) is 0 Å². The SMILES string of the molecule is CC(C(=O)N(C)C)N1C[C@@H](O)[C@@H](O)C1. The molecule has 5 nitrogen and oxygen atoms in total. The van der Waals surface area contributed by atoms with Gasteiger partial charge in [-0.15, -0.1) is 0 Å². The summed E-state index contributed by atoms with van der Waals surface area (Å²) in [5.41, 5.74) is 0. The molecule has 1 fully saturated rings. The van der Waals surface area contributed by atoms with Gasteiger partial charge in [-0.3, -0.25) is 9.69 Å². The van der Waals surface area contributed by atoms with Crippen LogP contribution in [0.5, 0.6) is 0 Å². The molecule has 2 N–H and O–H groups in total. The van der Waals surface area contributed by atoms with Gasteiger partial charge in [0.1, 0.15) is 0 Å². The maximum atomic E-state index is 11.6. The highest BCUT2D eigenvalue weighted by Gasteiger charge is 2.34. The first-order valence-corrected chi connectivity index (χ1v) is 4.75. The zero-order chi connectivity index (χ0) is 10.9. The van der Waals surface area contributed by atoms with Gasteiger partial charge in [-0.25, -0.2) is 0 Å². The molecule has 82 valence electrons. The van der Waals surface area contributed by atoms with E-state index in [1.807, 2.05) is 0 Å². The summed E-state index contributed by atoms with van der Waals surface area (Å²) in [6.45, 7) is 2.51. The van der Waals surface area contributed by atoms with E-state index in [0.29, 0.717) is 13.1 Å². The van der Waals surface area contributed by atoms with Crippen molar-refractivity contribution in [3.8, 4) is 0 Å². The van der Waals surface area contributed by atoms with Crippen LogP contribution in [-0.2, 0) is 4.79 Å². The molecule has 0 saturated carbocycles. The monoisotopic (exact) mass is 202 g/mol. The maximum absolute atomic E-state index is 11.6. The molecule has 1 heterocycles. The predicted molar refractivity (Wildman–Crippen MR) is 51.7 cm³/mol. The summed E-state index contributed by atoms with van der Waals surface area (Å²) >= 11 is 0. The number of likely N-dealkylation sites (tertiary alicyclic amines) is 1. The van der Waals surface area contributed by atoms with Crippen molar-refractivity contribution < 1.29 is 15.0 Å². The molecule has 0 aliphatic carbocycles. The molecule has 5 heteroatoms. The molecule has 0 aromatic heterocycles. The number of β-amino-alcohol motifs (C(OH)–C–C–N with tert-alkyl or cyclic N) is 2. The average molecular weight is 202 g/mol. The highest BCUT2D eigenvalue weighted by molar-refractivity contribution is 5.81. The maximum Gasteiger partial charge on any atom is 0.239 e. The van der Waals surface area contributed by atoms with Crippen molar-refractivity contribution in [3.05, 3.63) is 0 Å². The van der Waals surface area contributed by atoms with Gasteiger partial charge in [-0.2, -0.15) is 0 Å². The standard InChI is InChI=1S/C9H18N2O3/c1-6(9(14)10(2)3)11-4-7(12)8(13)5-11/h6-8,12-13H,4-5H2,1-3H3/t6?,7-,8+. The Balaban J connectivity index is 2.55. The van der Waals surface area contributed by atoms with Crippen LogP contribution < -0.4 is 0 Å². The van der Waals surface area contributed by atoms with E-state index in [2.05, 4.69) is 0 Å². The van der Waals surface area contributed by atoms with Gasteiger partial charge < -0.3 is 15.1 Å². The Labute approximate surface area is 83.9 Å². The zero-order valence-corrected chi connectivity index (χ0v) is 8.84. The molecule has 0 radical (unpaired) electrons. The number of likely N-dealkylation sites (N-methyl/N-ethyl adjacent to an activating group) is 1. The zero-order valence-electron chi connectivity index (χ0n) is 8.84.